The number of nitro groups is 1. The van der Waals surface area contributed by atoms with Crippen molar-refractivity contribution >= 4 is 21.7 Å². The van der Waals surface area contributed by atoms with E-state index in [4.69, 9.17) is 4.74 Å². The number of hydrogen-bond donors (Lipinski definition) is 3. The molecule has 3 aliphatic carbocycles. The minimum absolute atomic E-state index is 0.0559. The Morgan fingerprint density at radius 1 is 1.26 bits per heavy atom. The van der Waals surface area contributed by atoms with Gasteiger partial charge in [-0.25, -0.2) is 17.9 Å². The van der Waals surface area contributed by atoms with E-state index in [9.17, 15) is 28.4 Å². The molecule has 6 atom stereocenters. The number of sulfonamides is 1. The SMILES string of the molecule is CC1CC2C(C(=O)OC(C)(C)C)=C3NCCCC34[C@@H](CNS(=O)(=O)c3ccc([N+](=O)[O-])cc3)CC2C4(O)C1. The van der Waals surface area contributed by atoms with Crippen LogP contribution in [0.4, 0.5) is 5.69 Å². The van der Waals surface area contributed by atoms with Gasteiger partial charge >= 0.3 is 5.97 Å². The topological polar surface area (TPSA) is 148 Å². The maximum Gasteiger partial charge on any atom is 0.336 e. The van der Waals surface area contributed by atoms with Gasteiger partial charge in [0.25, 0.3) is 5.69 Å². The van der Waals surface area contributed by atoms with Gasteiger partial charge in [-0.2, -0.15) is 0 Å². The van der Waals surface area contributed by atoms with E-state index in [-0.39, 0.29) is 46.8 Å². The molecule has 10 nitrogen and oxygen atoms in total. The van der Waals surface area contributed by atoms with Crippen LogP contribution in [0.3, 0.4) is 0 Å². The Labute approximate surface area is 223 Å². The zero-order valence-corrected chi connectivity index (χ0v) is 23.1. The molecule has 1 heterocycles. The maximum atomic E-state index is 13.6. The average molecular weight is 548 g/mol. The number of non-ortho nitro benzene ring substituents is 1. The van der Waals surface area contributed by atoms with Crippen molar-refractivity contribution < 1.29 is 28.0 Å². The van der Waals surface area contributed by atoms with Gasteiger partial charge in [-0.05, 0) is 88.7 Å². The van der Waals surface area contributed by atoms with Crippen molar-refractivity contribution in [2.24, 2.45) is 29.1 Å². The molecule has 1 aliphatic heterocycles. The number of ether oxygens (including phenoxy) is 1. The molecule has 4 bridgehead atoms. The van der Waals surface area contributed by atoms with Crippen molar-refractivity contribution in [3.05, 3.63) is 45.6 Å². The average Bonchev–Trinajstić information content (AvgIpc) is 2.96. The number of rotatable bonds is 6. The van der Waals surface area contributed by atoms with Crippen LogP contribution in [0.15, 0.2) is 40.4 Å². The van der Waals surface area contributed by atoms with E-state index in [0.29, 0.717) is 31.4 Å². The lowest BCUT2D eigenvalue weighted by Gasteiger charge is -2.59. The Morgan fingerprint density at radius 3 is 2.58 bits per heavy atom. The molecule has 1 spiro atoms. The summed E-state index contributed by atoms with van der Waals surface area (Å²) >= 11 is 0. The van der Waals surface area contributed by atoms with Gasteiger partial charge in [-0.3, -0.25) is 10.1 Å². The van der Waals surface area contributed by atoms with Crippen LogP contribution in [0.1, 0.15) is 59.8 Å². The molecular formula is C27H37N3O7S. The first-order valence-corrected chi connectivity index (χ1v) is 14.9. The third kappa shape index (κ3) is 4.14. The number of hydrogen-bond acceptors (Lipinski definition) is 8. The molecule has 38 heavy (non-hydrogen) atoms. The summed E-state index contributed by atoms with van der Waals surface area (Å²) in [6, 6.07) is 4.79. The minimum Gasteiger partial charge on any atom is -0.457 e. The van der Waals surface area contributed by atoms with Crippen molar-refractivity contribution in [3.8, 4) is 0 Å². The summed E-state index contributed by atoms with van der Waals surface area (Å²) in [6.45, 7) is 8.39. The van der Waals surface area contributed by atoms with Crippen LogP contribution < -0.4 is 10.0 Å². The molecule has 5 rings (SSSR count). The number of carbonyl (C=O) groups excluding carboxylic acids is 1. The molecule has 0 radical (unpaired) electrons. The molecule has 3 N–H and O–H groups in total. The molecule has 1 aromatic rings. The zero-order chi connectivity index (χ0) is 27.7. The van der Waals surface area contributed by atoms with E-state index in [0.717, 1.165) is 18.5 Å². The van der Waals surface area contributed by atoms with Crippen LogP contribution >= 0.6 is 0 Å². The summed E-state index contributed by atoms with van der Waals surface area (Å²) in [5.74, 6) is -0.720. The van der Waals surface area contributed by atoms with Gasteiger partial charge in [0, 0.05) is 36.3 Å². The molecular weight excluding hydrogens is 510 g/mol. The van der Waals surface area contributed by atoms with Crippen molar-refractivity contribution in [1.82, 2.24) is 10.0 Å². The fourth-order valence-corrected chi connectivity index (χ4v) is 8.94. The van der Waals surface area contributed by atoms with E-state index in [1.54, 1.807) is 0 Å². The molecule has 0 aromatic heterocycles. The highest BCUT2D eigenvalue weighted by Gasteiger charge is 2.73. The standard InChI is InChI=1S/C27H37N3O7S/c1-16-12-20-21-13-17(15-29-38(35,36)19-8-6-18(7-9-19)30(33)34)26(27(21,32)14-16)10-5-11-28-23(26)22(20)24(31)37-25(2,3)4/h6-9,16-17,20-21,28-29,32H,5,10-15H2,1-4H3/t16?,17-,20?,21?,26?,27?/m1/s1. The molecule has 3 fully saturated rings. The summed E-state index contributed by atoms with van der Waals surface area (Å²) in [4.78, 5) is 24.0. The van der Waals surface area contributed by atoms with E-state index < -0.39 is 31.6 Å². The Bertz CT molecular complexity index is 1290. The monoisotopic (exact) mass is 547 g/mol. The van der Waals surface area contributed by atoms with Crippen LogP contribution in [0, 0.1) is 39.2 Å². The first-order chi connectivity index (χ1) is 17.7. The summed E-state index contributed by atoms with van der Waals surface area (Å²) in [5, 5.41) is 26.9. The molecule has 2 saturated carbocycles. The van der Waals surface area contributed by atoms with Gasteiger partial charge in [0.2, 0.25) is 10.0 Å². The van der Waals surface area contributed by atoms with E-state index in [1.165, 1.54) is 24.3 Å². The molecule has 1 saturated heterocycles. The molecule has 11 heteroatoms. The van der Waals surface area contributed by atoms with E-state index >= 15 is 0 Å². The summed E-state index contributed by atoms with van der Waals surface area (Å²) in [6.07, 6.45) is 3.41. The van der Waals surface area contributed by atoms with Crippen molar-refractivity contribution in [1.29, 1.82) is 0 Å². The van der Waals surface area contributed by atoms with Gasteiger partial charge in [0.1, 0.15) is 5.60 Å². The number of nitrogens with one attached hydrogen (secondary N) is 2. The van der Waals surface area contributed by atoms with Crippen LogP contribution in [-0.2, 0) is 19.6 Å². The molecule has 0 amide bonds. The predicted octanol–water partition coefficient (Wildman–Crippen LogP) is 3.27. The van der Waals surface area contributed by atoms with Crippen molar-refractivity contribution in [2.75, 3.05) is 13.1 Å². The lowest BCUT2D eigenvalue weighted by atomic mass is 9.50. The van der Waals surface area contributed by atoms with Gasteiger partial charge < -0.3 is 15.2 Å². The third-order valence-electron chi connectivity index (χ3n) is 9.06. The quantitative estimate of drug-likeness (QED) is 0.279. The number of aliphatic hydroxyl groups is 1. The second-order valence-corrected chi connectivity index (χ2v) is 14.3. The van der Waals surface area contributed by atoms with Crippen LogP contribution in [0.5, 0.6) is 0 Å². The Hall–Kier alpha value is -2.50. The van der Waals surface area contributed by atoms with Gasteiger partial charge in [-0.15, -0.1) is 0 Å². The number of nitro benzene ring substituents is 1. The second-order valence-electron chi connectivity index (χ2n) is 12.5. The predicted molar refractivity (Wildman–Crippen MR) is 139 cm³/mol. The normalized spacial score (nSPS) is 34.3. The largest absolute Gasteiger partial charge is 0.457 e. The second kappa shape index (κ2) is 9.02. The number of benzene rings is 1. The highest BCUT2D eigenvalue weighted by Crippen LogP contribution is 2.71. The number of esters is 1. The Morgan fingerprint density at radius 2 is 1.95 bits per heavy atom. The molecule has 208 valence electrons. The lowest BCUT2D eigenvalue weighted by Crippen LogP contribution is -2.64. The Balaban J connectivity index is 1.52. The number of piperidine rings is 1. The van der Waals surface area contributed by atoms with Crippen LogP contribution in [0.25, 0.3) is 0 Å². The number of nitrogens with zero attached hydrogens (tertiary/aromatic N) is 1. The van der Waals surface area contributed by atoms with Crippen molar-refractivity contribution in [2.45, 2.75) is 75.9 Å². The van der Waals surface area contributed by atoms with Gasteiger partial charge in [0.05, 0.1) is 21.0 Å². The summed E-state index contributed by atoms with van der Waals surface area (Å²) in [7, 11) is -3.95. The lowest BCUT2D eigenvalue weighted by molar-refractivity contribution is -0.384. The van der Waals surface area contributed by atoms with Gasteiger partial charge in [-0.1, -0.05) is 6.92 Å². The molecule has 5 unspecified atom stereocenters. The molecule has 1 aromatic carbocycles. The highest BCUT2D eigenvalue weighted by atomic mass is 32.2. The summed E-state index contributed by atoms with van der Waals surface area (Å²) in [5.41, 5.74) is -1.32. The van der Waals surface area contributed by atoms with E-state index in [2.05, 4.69) is 17.0 Å². The first-order valence-electron chi connectivity index (χ1n) is 13.4. The van der Waals surface area contributed by atoms with Crippen LogP contribution in [-0.4, -0.2) is 48.7 Å². The zero-order valence-electron chi connectivity index (χ0n) is 22.3. The fraction of sp³-hybridized carbons (Fsp3) is 0.667. The van der Waals surface area contributed by atoms with Gasteiger partial charge in [0.15, 0.2) is 0 Å². The minimum atomic E-state index is -3.95. The highest BCUT2D eigenvalue weighted by molar-refractivity contribution is 7.89. The third-order valence-corrected chi connectivity index (χ3v) is 10.5. The first kappa shape index (κ1) is 27.1. The Kier molecular flexibility index (Phi) is 6.43. The van der Waals surface area contributed by atoms with Crippen LogP contribution in [0.2, 0.25) is 0 Å². The molecule has 4 aliphatic rings. The maximum absolute atomic E-state index is 13.6. The smallest absolute Gasteiger partial charge is 0.336 e. The number of carbonyl (C=O) groups is 1. The van der Waals surface area contributed by atoms with Crippen molar-refractivity contribution in [3.63, 3.8) is 0 Å². The summed E-state index contributed by atoms with van der Waals surface area (Å²) < 4.78 is 34.9. The fourth-order valence-electron chi connectivity index (χ4n) is 7.86. The van der Waals surface area contributed by atoms with E-state index in [1.807, 2.05) is 20.8 Å².